The maximum Gasteiger partial charge on any atom is 0.274 e. The second-order valence-corrected chi connectivity index (χ2v) is 5.54. The number of nitro benzene ring substituents is 1. The van der Waals surface area contributed by atoms with Crippen molar-refractivity contribution in [3.8, 4) is 0 Å². The van der Waals surface area contributed by atoms with Crippen molar-refractivity contribution in [1.29, 1.82) is 0 Å². The molecule has 19 heavy (non-hydrogen) atoms. The highest BCUT2D eigenvalue weighted by Crippen LogP contribution is 2.30. The number of anilines is 1. The molecule has 104 valence electrons. The Bertz CT molecular complexity index is 453. The van der Waals surface area contributed by atoms with Gasteiger partial charge in [-0.1, -0.05) is 25.3 Å². The van der Waals surface area contributed by atoms with Crippen molar-refractivity contribution in [2.45, 2.75) is 52.0 Å². The van der Waals surface area contributed by atoms with Crippen LogP contribution < -0.4 is 5.32 Å². The van der Waals surface area contributed by atoms with Gasteiger partial charge in [0, 0.05) is 23.4 Å². The van der Waals surface area contributed by atoms with Gasteiger partial charge in [0.05, 0.1) is 4.92 Å². The van der Waals surface area contributed by atoms with Crippen molar-refractivity contribution >= 4 is 11.4 Å². The van der Waals surface area contributed by atoms with Crippen LogP contribution in [-0.4, -0.2) is 11.0 Å². The lowest BCUT2D eigenvalue weighted by Crippen LogP contribution is -2.28. The number of nitro groups is 1. The summed E-state index contributed by atoms with van der Waals surface area (Å²) in [4.78, 5) is 10.6. The van der Waals surface area contributed by atoms with E-state index in [-0.39, 0.29) is 10.6 Å². The van der Waals surface area contributed by atoms with Gasteiger partial charge in [-0.05, 0) is 38.7 Å². The number of hydrogen-bond donors (Lipinski definition) is 1. The lowest BCUT2D eigenvalue weighted by Gasteiger charge is -2.29. The first-order valence-electron chi connectivity index (χ1n) is 7.10. The first-order valence-corrected chi connectivity index (χ1v) is 7.10. The van der Waals surface area contributed by atoms with Gasteiger partial charge in [0.1, 0.15) is 0 Å². The van der Waals surface area contributed by atoms with Crippen LogP contribution in [0.15, 0.2) is 18.2 Å². The molecule has 0 spiro atoms. The third-order valence-corrected chi connectivity index (χ3v) is 4.24. The molecule has 1 aliphatic carbocycles. The Kier molecular flexibility index (Phi) is 4.40. The summed E-state index contributed by atoms with van der Waals surface area (Å²) in [6.45, 7) is 4.00. The Morgan fingerprint density at radius 1 is 1.32 bits per heavy atom. The van der Waals surface area contributed by atoms with Gasteiger partial charge in [-0.3, -0.25) is 10.1 Å². The minimum Gasteiger partial charge on any atom is -0.382 e. The number of nitrogens with one attached hydrogen (secondary N) is 1. The Labute approximate surface area is 114 Å². The number of hydrogen-bond acceptors (Lipinski definition) is 3. The summed E-state index contributed by atoms with van der Waals surface area (Å²) in [5.74, 6) is 0.687. The average Bonchev–Trinajstić information content (AvgIpc) is 2.41. The van der Waals surface area contributed by atoms with Gasteiger partial charge in [-0.15, -0.1) is 0 Å². The van der Waals surface area contributed by atoms with E-state index in [2.05, 4.69) is 12.2 Å². The van der Waals surface area contributed by atoms with E-state index in [1.165, 1.54) is 32.1 Å². The standard InChI is InChI=1S/C15H22N2O2/c1-11-14(9-6-10-15(11)17(18)19)16-12(2)13-7-4-3-5-8-13/h6,9-10,12-13,16H,3-5,7-8H2,1-2H3. The van der Waals surface area contributed by atoms with Crippen LogP contribution in [-0.2, 0) is 0 Å². The lowest BCUT2D eigenvalue weighted by atomic mass is 9.84. The maximum atomic E-state index is 10.9. The van der Waals surface area contributed by atoms with E-state index in [1.807, 2.05) is 13.0 Å². The minimum absolute atomic E-state index is 0.195. The molecular weight excluding hydrogens is 240 g/mol. The van der Waals surface area contributed by atoms with Crippen molar-refractivity contribution in [2.24, 2.45) is 5.92 Å². The molecule has 0 amide bonds. The van der Waals surface area contributed by atoms with Crippen molar-refractivity contribution in [2.75, 3.05) is 5.32 Å². The molecule has 1 unspecified atom stereocenters. The van der Waals surface area contributed by atoms with Crippen molar-refractivity contribution in [3.63, 3.8) is 0 Å². The second-order valence-electron chi connectivity index (χ2n) is 5.54. The molecule has 0 saturated heterocycles. The van der Waals surface area contributed by atoms with E-state index in [4.69, 9.17) is 0 Å². The molecule has 1 fully saturated rings. The average molecular weight is 262 g/mol. The van der Waals surface area contributed by atoms with Crippen LogP contribution in [0.25, 0.3) is 0 Å². The zero-order valence-corrected chi connectivity index (χ0v) is 11.7. The van der Waals surface area contributed by atoms with Crippen LogP contribution in [0.2, 0.25) is 0 Å². The molecule has 1 aromatic rings. The summed E-state index contributed by atoms with van der Waals surface area (Å²) in [5, 5.41) is 14.4. The van der Waals surface area contributed by atoms with Gasteiger partial charge in [-0.2, -0.15) is 0 Å². The molecule has 1 N–H and O–H groups in total. The highest BCUT2D eigenvalue weighted by molar-refractivity contribution is 5.60. The fraction of sp³-hybridized carbons (Fsp3) is 0.600. The Morgan fingerprint density at radius 3 is 2.63 bits per heavy atom. The van der Waals surface area contributed by atoms with Crippen molar-refractivity contribution in [1.82, 2.24) is 0 Å². The van der Waals surface area contributed by atoms with Crippen LogP contribution in [0.1, 0.15) is 44.6 Å². The fourth-order valence-corrected chi connectivity index (χ4v) is 2.97. The molecule has 1 saturated carbocycles. The molecule has 2 rings (SSSR count). The lowest BCUT2D eigenvalue weighted by molar-refractivity contribution is -0.385. The van der Waals surface area contributed by atoms with Crippen LogP contribution >= 0.6 is 0 Å². The first-order chi connectivity index (χ1) is 9.09. The zero-order valence-electron chi connectivity index (χ0n) is 11.7. The molecule has 0 radical (unpaired) electrons. The van der Waals surface area contributed by atoms with Crippen LogP contribution in [0.3, 0.4) is 0 Å². The summed E-state index contributed by atoms with van der Waals surface area (Å²) < 4.78 is 0. The summed E-state index contributed by atoms with van der Waals surface area (Å²) in [6, 6.07) is 5.62. The van der Waals surface area contributed by atoms with Gasteiger partial charge >= 0.3 is 0 Å². The molecule has 1 aliphatic rings. The van der Waals surface area contributed by atoms with Gasteiger partial charge in [0.15, 0.2) is 0 Å². The number of benzene rings is 1. The topological polar surface area (TPSA) is 55.2 Å². The summed E-state index contributed by atoms with van der Waals surface area (Å²) in [6.07, 6.45) is 6.50. The Balaban J connectivity index is 2.10. The largest absolute Gasteiger partial charge is 0.382 e. The molecule has 0 bridgehead atoms. The third-order valence-electron chi connectivity index (χ3n) is 4.24. The third kappa shape index (κ3) is 3.25. The molecule has 4 nitrogen and oxygen atoms in total. The van der Waals surface area contributed by atoms with E-state index in [1.54, 1.807) is 12.1 Å². The van der Waals surface area contributed by atoms with E-state index >= 15 is 0 Å². The van der Waals surface area contributed by atoms with E-state index in [0.717, 1.165) is 11.3 Å². The number of nitrogens with zero attached hydrogens (tertiary/aromatic N) is 1. The first kappa shape index (κ1) is 13.8. The summed E-state index contributed by atoms with van der Waals surface area (Å²) in [7, 11) is 0. The smallest absolute Gasteiger partial charge is 0.274 e. The highest BCUT2D eigenvalue weighted by Gasteiger charge is 2.21. The molecule has 1 atom stereocenters. The molecule has 1 aromatic carbocycles. The molecular formula is C15H22N2O2. The predicted octanol–water partition coefficient (Wildman–Crippen LogP) is 4.28. The molecule has 0 aliphatic heterocycles. The summed E-state index contributed by atoms with van der Waals surface area (Å²) in [5.41, 5.74) is 1.82. The second kappa shape index (κ2) is 6.04. The van der Waals surface area contributed by atoms with Gasteiger partial charge in [0.2, 0.25) is 0 Å². The normalized spacial score (nSPS) is 18.0. The fourth-order valence-electron chi connectivity index (χ4n) is 2.97. The predicted molar refractivity (Wildman–Crippen MR) is 77.5 cm³/mol. The van der Waals surface area contributed by atoms with Crippen LogP contribution in [0.5, 0.6) is 0 Å². The maximum absolute atomic E-state index is 10.9. The Morgan fingerprint density at radius 2 is 2.00 bits per heavy atom. The molecule has 0 heterocycles. The van der Waals surface area contributed by atoms with E-state index < -0.39 is 0 Å². The van der Waals surface area contributed by atoms with E-state index in [9.17, 15) is 10.1 Å². The number of rotatable bonds is 4. The van der Waals surface area contributed by atoms with Crippen LogP contribution in [0, 0.1) is 23.0 Å². The van der Waals surface area contributed by atoms with Crippen molar-refractivity contribution < 1.29 is 4.92 Å². The molecule has 4 heteroatoms. The van der Waals surface area contributed by atoms with Gasteiger partial charge in [-0.25, -0.2) is 0 Å². The monoisotopic (exact) mass is 262 g/mol. The van der Waals surface area contributed by atoms with Gasteiger partial charge in [0.25, 0.3) is 5.69 Å². The SMILES string of the molecule is Cc1c(NC(C)C2CCCCC2)cccc1[N+](=O)[O-]. The quantitative estimate of drug-likeness (QED) is 0.650. The van der Waals surface area contributed by atoms with Gasteiger partial charge < -0.3 is 5.32 Å². The van der Waals surface area contributed by atoms with Crippen molar-refractivity contribution in [3.05, 3.63) is 33.9 Å². The highest BCUT2D eigenvalue weighted by atomic mass is 16.6. The van der Waals surface area contributed by atoms with E-state index in [0.29, 0.717) is 12.0 Å². The molecule has 0 aromatic heterocycles. The minimum atomic E-state index is -0.314. The zero-order chi connectivity index (χ0) is 13.8. The Hall–Kier alpha value is -1.58. The summed E-state index contributed by atoms with van der Waals surface area (Å²) >= 11 is 0. The van der Waals surface area contributed by atoms with Crippen LogP contribution in [0.4, 0.5) is 11.4 Å².